The molecule has 1 saturated carbocycles. The number of aliphatic hydroxyl groups excluding tert-OH is 1. The van der Waals surface area contributed by atoms with Crippen LogP contribution in [0.15, 0.2) is 54.0 Å². The van der Waals surface area contributed by atoms with Gasteiger partial charge in [0.1, 0.15) is 17.7 Å². The van der Waals surface area contributed by atoms with Gasteiger partial charge in [-0.15, -0.1) is 11.3 Å². The van der Waals surface area contributed by atoms with Gasteiger partial charge >= 0.3 is 6.09 Å². The van der Waals surface area contributed by atoms with Crippen LogP contribution in [0.3, 0.4) is 0 Å². The van der Waals surface area contributed by atoms with E-state index in [0.29, 0.717) is 19.4 Å². The summed E-state index contributed by atoms with van der Waals surface area (Å²) in [6, 6.07) is 13.8. The van der Waals surface area contributed by atoms with E-state index in [1.807, 2.05) is 88.7 Å². The first kappa shape index (κ1) is 48.2. The first-order valence-electron chi connectivity index (χ1n) is 21.7. The Hall–Kier alpha value is -4.86. The molecule has 1 saturated heterocycles. The summed E-state index contributed by atoms with van der Waals surface area (Å²) in [6.45, 7) is 15.4. The van der Waals surface area contributed by atoms with E-state index in [9.17, 15) is 29.1 Å². The van der Waals surface area contributed by atoms with E-state index >= 15 is 0 Å². The average molecular weight is 875 g/mol. The van der Waals surface area contributed by atoms with Crippen molar-refractivity contribution in [2.45, 2.75) is 156 Å². The molecule has 0 spiro atoms. The van der Waals surface area contributed by atoms with E-state index in [0.717, 1.165) is 58.5 Å². The molecule has 1 aliphatic heterocycles. The molecular weight excluding hydrogens is 809 g/mol. The molecule has 0 bridgehead atoms. The van der Waals surface area contributed by atoms with Crippen LogP contribution >= 0.6 is 11.3 Å². The predicted molar refractivity (Wildman–Crippen MR) is 239 cm³/mol. The van der Waals surface area contributed by atoms with E-state index < -0.39 is 58.8 Å². The van der Waals surface area contributed by atoms with E-state index in [2.05, 4.69) is 20.9 Å². The van der Waals surface area contributed by atoms with Gasteiger partial charge in [0.25, 0.3) is 0 Å². The SMILES string of the molecule is Cc1ncsc1-c1ccc(CNC(=O)[C@@H]2C[C@@H](O)CN2C(=O)C(NC(=O)C2(CCCc3ccc(COC(C)C(CCC(N)=O)NC(=O)OC(C)(C)C)cc3)CC2)C(C)(C)C)cc1. The first-order chi connectivity index (χ1) is 29.1. The van der Waals surface area contributed by atoms with Crippen LogP contribution in [0.25, 0.3) is 10.4 Å². The molecule has 5 amide bonds. The lowest BCUT2D eigenvalue weighted by molar-refractivity contribution is -0.144. The molecule has 2 aliphatic rings. The van der Waals surface area contributed by atoms with Crippen LogP contribution in [0.2, 0.25) is 0 Å². The zero-order valence-corrected chi connectivity index (χ0v) is 38.4. The lowest BCUT2D eigenvalue weighted by atomic mass is 9.84. The monoisotopic (exact) mass is 874 g/mol. The van der Waals surface area contributed by atoms with Crippen LogP contribution in [-0.4, -0.2) is 87.2 Å². The number of nitrogens with two attached hydrogens (primary N) is 1. The third kappa shape index (κ3) is 13.6. The number of ether oxygens (including phenoxy) is 2. The number of rotatable bonds is 19. The van der Waals surface area contributed by atoms with E-state index in [1.54, 1.807) is 32.1 Å². The summed E-state index contributed by atoms with van der Waals surface area (Å²) >= 11 is 1.58. The molecule has 1 aromatic heterocycles. The molecule has 6 N–H and O–H groups in total. The number of likely N-dealkylation sites (tertiary alicyclic amines) is 1. The minimum Gasteiger partial charge on any atom is -0.444 e. The van der Waals surface area contributed by atoms with Crippen molar-refractivity contribution in [3.63, 3.8) is 0 Å². The van der Waals surface area contributed by atoms with Crippen LogP contribution in [0.1, 0.15) is 116 Å². The Bertz CT molecular complexity index is 2020. The van der Waals surface area contributed by atoms with Crippen molar-refractivity contribution in [3.8, 4) is 10.4 Å². The number of hydrogen-bond acceptors (Lipinski definition) is 10. The molecule has 3 unspecified atom stereocenters. The highest BCUT2D eigenvalue weighted by atomic mass is 32.1. The minimum atomic E-state index is -0.889. The lowest BCUT2D eigenvalue weighted by Crippen LogP contribution is -2.58. The number of hydrogen-bond donors (Lipinski definition) is 5. The Labute approximate surface area is 370 Å². The number of benzene rings is 2. The van der Waals surface area contributed by atoms with Gasteiger partial charge in [0.15, 0.2) is 0 Å². The number of aromatic nitrogens is 1. The minimum absolute atomic E-state index is 0.0140. The molecule has 2 aromatic carbocycles. The smallest absolute Gasteiger partial charge is 0.407 e. The van der Waals surface area contributed by atoms with Gasteiger partial charge in [0, 0.05) is 31.3 Å². The molecule has 5 atom stereocenters. The van der Waals surface area contributed by atoms with Crippen LogP contribution in [0.4, 0.5) is 4.79 Å². The molecule has 2 heterocycles. The summed E-state index contributed by atoms with van der Waals surface area (Å²) in [6.07, 6.45) is 2.35. The van der Waals surface area contributed by atoms with Crippen molar-refractivity contribution in [3.05, 3.63) is 76.4 Å². The second kappa shape index (κ2) is 20.5. The summed E-state index contributed by atoms with van der Waals surface area (Å²) in [5.74, 6) is -1.33. The highest BCUT2D eigenvalue weighted by Crippen LogP contribution is 2.50. The number of nitrogens with zero attached hydrogens (tertiary/aromatic N) is 2. The molecule has 14 nitrogen and oxygen atoms in total. The summed E-state index contributed by atoms with van der Waals surface area (Å²) in [5.41, 5.74) is 10.3. The fourth-order valence-electron chi connectivity index (χ4n) is 7.76. The molecule has 1 aliphatic carbocycles. The Morgan fingerprint density at radius 3 is 2.19 bits per heavy atom. The predicted octanol–water partition coefficient (Wildman–Crippen LogP) is 6.09. The summed E-state index contributed by atoms with van der Waals surface area (Å²) in [4.78, 5) is 72.5. The van der Waals surface area contributed by atoms with Gasteiger partial charge in [0.2, 0.25) is 23.6 Å². The number of carbonyl (C=O) groups excluding carboxylic acids is 5. The van der Waals surface area contributed by atoms with Gasteiger partial charge in [-0.3, -0.25) is 19.2 Å². The van der Waals surface area contributed by atoms with Crippen LogP contribution in [0, 0.1) is 17.8 Å². The van der Waals surface area contributed by atoms with E-state index in [1.165, 1.54) is 4.90 Å². The molecule has 15 heteroatoms. The molecule has 2 fully saturated rings. The summed E-state index contributed by atoms with van der Waals surface area (Å²) in [5, 5.41) is 19.5. The Morgan fingerprint density at radius 2 is 1.61 bits per heavy atom. The van der Waals surface area contributed by atoms with Crippen LogP contribution in [0.5, 0.6) is 0 Å². The van der Waals surface area contributed by atoms with Crippen LogP contribution in [-0.2, 0) is 48.2 Å². The molecule has 5 rings (SSSR count). The van der Waals surface area contributed by atoms with Crippen molar-refractivity contribution in [1.29, 1.82) is 0 Å². The largest absolute Gasteiger partial charge is 0.444 e. The second-order valence-electron chi connectivity index (χ2n) is 19.1. The van der Waals surface area contributed by atoms with Crippen LogP contribution < -0.4 is 21.7 Å². The fraction of sp³-hybridized carbons (Fsp3) is 0.574. The van der Waals surface area contributed by atoms with Crippen molar-refractivity contribution in [2.75, 3.05) is 6.54 Å². The van der Waals surface area contributed by atoms with Gasteiger partial charge in [-0.05, 0) is 101 Å². The third-order valence-electron chi connectivity index (χ3n) is 11.6. The molecular formula is C47H66N6O8S. The third-order valence-corrected chi connectivity index (χ3v) is 12.6. The Kier molecular flexibility index (Phi) is 16.0. The Balaban J connectivity index is 1.11. The maximum absolute atomic E-state index is 14.2. The maximum Gasteiger partial charge on any atom is 0.407 e. The van der Waals surface area contributed by atoms with Gasteiger partial charge in [-0.25, -0.2) is 9.78 Å². The number of alkyl carbamates (subject to hydrolysis) is 1. The number of amides is 5. The van der Waals surface area contributed by atoms with E-state index in [-0.39, 0.29) is 43.7 Å². The number of aryl methyl sites for hydroxylation is 2. The lowest BCUT2D eigenvalue weighted by Gasteiger charge is -2.36. The van der Waals surface area contributed by atoms with Gasteiger partial charge < -0.3 is 41.2 Å². The topological polar surface area (TPSA) is 202 Å². The van der Waals surface area contributed by atoms with E-state index in [4.69, 9.17) is 15.2 Å². The quantitative estimate of drug-likeness (QED) is 0.0945. The normalized spacial score (nSPS) is 18.6. The molecule has 3 aromatic rings. The number of nitrogens with one attached hydrogen (secondary N) is 3. The maximum atomic E-state index is 14.2. The average Bonchev–Trinajstić information content (AvgIpc) is 3.70. The first-order valence-corrected chi connectivity index (χ1v) is 22.6. The second-order valence-corrected chi connectivity index (χ2v) is 19.9. The number of β-amino-alcohol motifs (C(OH)–C–C–N with tert-alkyl or cyclic N) is 1. The summed E-state index contributed by atoms with van der Waals surface area (Å²) in [7, 11) is 0. The van der Waals surface area contributed by atoms with Crippen molar-refractivity contribution >= 4 is 41.1 Å². The van der Waals surface area contributed by atoms with Gasteiger partial charge in [-0.1, -0.05) is 69.3 Å². The summed E-state index contributed by atoms with van der Waals surface area (Å²) < 4.78 is 11.5. The fourth-order valence-corrected chi connectivity index (χ4v) is 8.58. The highest BCUT2D eigenvalue weighted by Gasteiger charge is 2.52. The zero-order chi connectivity index (χ0) is 45.4. The standard InChI is InChI=1S/C47H66N6O8S/c1-29-39(62-28-50-29)34-17-15-32(16-18-34)25-49-41(56)37-24-35(54)26-53(37)42(57)40(45(3,4)5)52-43(58)47(22-23-47)21-9-10-31-11-13-33(14-12-31)27-60-30(2)36(19-20-38(48)55)51-44(59)61-46(6,7)8/h11-18,28,30,35-37,40,54H,9-10,19-27H2,1-8H3,(H2,48,55)(H,49,56)(H,51,59)(H,52,58)/t30?,35-,36?,37+,40?/m1/s1. The highest BCUT2D eigenvalue weighted by molar-refractivity contribution is 7.13. The number of primary amides is 1. The zero-order valence-electron chi connectivity index (χ0n) is 37.5. The van der Waals surface area contributed by atoms with Crippen molar-refractivity contribution < 1.29 is 38.6 Å². The molecule has 338 valence electrons. The number of carbonyl (C=O) groups is 5. The van der Waals surface area contributed by atoms with Gasteiger partial charge in [-0.2, -0.15) is 0 Å². The van der Waals surface area contributed by atoms with Crippen molar-refractivity contribution in [1.82, 2.24) is 25.8 Å². The molecule has 62 heavy (non-hydrogen) atoms. The number of aliphatic hydroxyl groups is 1. The molecule has 0 radical (unpaired) electrons. The Morgan fingerprint density at radius 1 is 0.968 bits per heavy atom. The number of thiazole rings is 1. The van der Waals surface area contributed by atoms with Gasteiger partial charge in [0.05, 0.1) is 40.9 Å². The van der Waals surface area contributed by atoms with Crippen molar-refractivity contribution in [2.24, 2.45) is 16.6 Å².